The number of aromatic nitrogens is 2. The standard InChI is InChI=1S/C23H24N4O3/c1-30-20-6-2-5-18(15-20)17-8-10-19(11-9-17)25-23(29)21-7-3-14-27(21)22(28)16-26-13-4-12-24-26/h2,4-6,8-13,15,21H,3,7,14,16H2,1H3,(H,25,29). The van der Waals surface area contributed by atoms with Crippen molar-refractivity contribution in [3.8, 4) is 16.9 Å². The Morgan fingerprint density at radius 1 is 1.13 bits per heavy atom. The SMILES string of the molecule is COc1cccc(-c2ccc(NC(=O)C3CCCN3C(=O)Cn3cccn3)cc2)c1. The molecule has 2 aromatic carbocycles. The molecule has 1 unspecified atom stereocenters. The highest BCUT2D eigenvalue weighted by atomic mass is 16.5. The second-order valence-electron chi connectivity index (χ2n) is 7.25. The molecular formula is C23H24N4O3. The zero-order chi connectivity index (χ0) is 20.9. The number of nitrogens with zero attached hydrogens (tertiary/aromatic N) is 3. The molecule has 1 saturated heterocycles. The first-order valence-corrected chi connectivity index (χ1v) is 9.96. The van der Waals surface area contributed by atoms with Crippen LogP contribution >= 0.6 is 0 Å². The van der Waals surface area contributed by atoms with Crippen molar-refractivity contribution in [3.63, 3.8) is 0 Å². The van der Waals surface area contributed by atoms with Gasteiger partial charge in [0.15, 0.2) is 0 Å². The number of hydrogen-bond donors (Lipinski definition) is 1. The lowest BCUT2D eigenvalue weighted by Crippen LogP contribution is -2.44. The highest BCUT2D eigenvalue weighted by molar-refractivity contribution is 5.97. The number of anilines is 1. The number of amides is 2. The van der Waals surface area contributed by atoms with E-state index in [2.05, 4.69) is 10.4 Å². The van der Waals surface area contributed by atoms with Gasteiger partial charge < -0.3 is 15.0 Å². The number of nitrogens with one attached hydrogen (secondary N) is 1. The lowest BCUT2D eigenvalue weighted by Gasteiger charge is -2.24. The average molecular weight is 404 g/mol. The van der Waals surface area contributed by atoms with Crippen molar-refractivity contribution >= 4 is 17.5 Å². The summed E-state index contributed by atoms with van der Waals surface area (Å²) in [7, 11) is 1.64. The van der Waals surface area contributed by atoms with E-state index in [4.69, 9.17) is 4.74 Å². The summed E-state index contributed by atoms with van der Waals surface area (Å²) in [4.78, 5) is 27.1. The lowest BCUT2D eigenvalue weighted by molar-refractivity contribution is -0.137. The number of rotatable bonds is 6. The summed E-state index contributed by atoms with van der Waals surface area (Å²) in [6, 6.07) is 16.8. The van der Waals surface area contributed by atoms with Gasteiger partial charge in [0.25, 0.3) is 0 Å². The third kappa shape index (κ3) is 4.35. The number of ether oxygens (including phenoxy) is 1. The Morgan fingerprint density at radius 3 is 2.70 bits per heavy atom. The summed E-state index contributed by atoms with van der Waals surface area (Å²) in [5.74, 6) is 0.547. The summed E-state index contributed by atoms with van der Waals surface area (Å²) in [6.07, 6.45) is 4.86. The van der Waals surface area contributed by atoms with Crippen molar-refractivity contribution in [1.82, 2.24) is 14.7 Å². The Kier molecular flexibility index (Phi) is 5.79. The predicted molar refractivity (Wildman–Crippen MR) is 114 cm³/mol. The van der Waals surface area contributed by atoms with Crippen molar-refractivity contribution < 1.29 is 14.3 Å². The molecule has 1 N–H and O–H groups in total. The largest absolute Gasteiger partial charge is 0.497 e. The molecule has 3 aromatic rings. The second kappa shape index (κ2) is 8.82. The van der Waals surface area contributed by atoms with Crippen LogP contribution in [-0.2, 0) is 16.1 Å². The molecule has 0 bridgehead atoms. The van der Waals surface area contributed by atoms with Crippen molar-refractivity contribution in [3.05, 3.63) is 67.0 Å². The van der Waals surface area contributed by atoms with Gasteiger partial charge in [-0.25, -0.2) is 0 Å². The van der Waals surface area contributed by atoms with Gasteiger partial charge in [-0.1, -0.05) is 24.3 Å². The van der Waals surface area contributed by atoms with Crippen LogP contribution in [0.1, 0.15) is 12.8 Å². The quantitative estimate of drug-likeness (QED) is 0.685. The first-order chi connectivity index (χ1) is 14.6. The number of methoxy groups -OCH3 is 1. The van der Waals surface area contributed by atoms with Crippen LogP contribution in [0.5, 0.6) is 5.75 Å². The molecule has 2 amide bonds. The Bertz CT molecular complexity index is 1020. The summed E-state index contributed by atoms with van der Waals surface area (Å²) in [6.45, 7) is 0.735. The van der Waals surface area contributed by atoms with Crippen LogP contribution in [0.4, 0.5) is 5.69 Å². The molecule has 1 aliphatic rings. The molecule has 4 rings (SSSR count). The van der Waals surface area contributed by atoms with Gasteiger partial charge in [0.05, 0.1) is 7.11 Å². The molecule has 1 aromatic heterocycles. The van der Waals surface area contributed by atoms with Crippen LogP contribution in [-0.4, -0.2) is 46.2 Å². The summed E-state index contributed by atoms with van der Waals surface area (Å²) >= 11 is 0. The predicted octanol–water partition coefficient (Wildman–Crippen LogP) is 3.19. The Labute approximate surface area is 175 Å². The summed E-state index contributed by atoms with van der Waals surface area (Å²) < 4.78 is 6.85. The van der Waals surface area contributed by atoms with E-state index in [0.29, 0.717) is 18.7 Å². The fourth-order valence-corrected chi connectivity index (χ4v) is 3.74. The van der Waals surface area contributed by atoms with Crippen LogP contribution in [0, 0.1) is 0 Å². The van der Waals surface area contributed by atoms with Gasteiger partial charge in [0, 0.05) is 24.6 Å². The van der Waals surface area contributed by atoms with Crippen molar-refractivity contribution in [2.24, 2.45) is 0 Å². The fraction of sp³-hybridized carbons (Fsp3) is 0.261. The minimum Gasteiger partial charge on any atom is -0.497 e. The van der Waals surface area contributed by atoms with Crippen LogP contribution < -0.4 is 10.1 Å². The normalized spacial score (nSPS) is 15.8. The zero-order valence-electron chi connectivity index (χ0n) is 16.8. The molecule has 0 aliphatic carbocycles. The number of likely N-dealkylation sites (tertiary alicyclic amines) is 1. The van der Waals surface area contributed by atoms with Gasteiger partial charge in [-0.2, -0.15) is 5.10 Å². The Balaban J connectivity index is 1.40. The average Bonchev–Trinajstić information content (AvgIpc) is 3.46. The fourth-order valence-electron chi connectivity index (χ4n) is 3.74. The maximum Gasteiger partial charge on any atom is 0.247 e. The summed E-state index contributed by atoms with van der Waals surface area (Å²) in [5.41, 5.74) is 2.78. The molecule has 7 nitrogen and oxygen atoms in total. The number of carbonyl (C=O) groups excluding carboxylic acids is 2. The van der Waals surface area contributed by atoms with E-state index in [1.807, 2.05) is 48.5 Å². The van der Waals surface area contributed by atoms with E-state index < -0.39 is 6.04 Å². The molecule has 0 saturated carbocycles. The molecule has 0 spiro atoms. The zero-order valence-corrected chi connectivity index (χ0v) is 16.8. The monoisotopic (exact) mass is 404 g/mol. The lowest BCUT2D eigenvalue weighted by atomic mass is 10.1. The van der Waals surface area contributed by atoms with E-state index >= 15 is 0 Å². The molecule has 30 heavy (non-hydrogen) atoms. The van der Waals surface area contributed by atoms with E-state index in [-0.39, 0.29) is 18.4 Å². The molecule has 1 aliphatic heterocycles. The Morgan fingerprint density at radius 2 is 1.97 bits per heavy atom. The third-order valence-corrected chi connectivity index (χ3v) is 5.29. The minimum atomic E-state index is -0.453. The topological polar surface area (TPSA) is 76.5 Å². The van der Waals surface area contributed by atoms with Gasteiger partial charge in [0.2, 0.25) is 11.8 Å². The molecule has 154 valence electrons. The molecule has 0 radical (unpaired) electrons. The molecule has 2 heterocycles. The molecule has 7 heteroatoms. The van der Waals surface area contributed by atoms with Crippen LogP contribution in [0.3, 0.4) is 0 Å². The van der Waals surface area contributed by atoms with Crippen LogP contribution in [0.25, 0.3) is 11.1 Å². The van der Waals surface area contributed by atoms with E-state index in [1.54, 1.807) is 35.2 Å². The van der Waals surface area contributed by atoms with Crippen molar-refractivity contribution in [2.75, 3.05) is 19.0 Å². The smallest absolute Gasteiger partial charge is 0.247 e. The van der Waals surface area contributed by atoms with Gasteiger partial charge >= 0.3 is 0 Å². The maximum atomic E-state index is 12.8. The van der Waals surface area contributed by atoms with Crippen LogP contribution in [0.15, 0.2) is 67.0 Å². The summed E-state index contributed by atoms with van der Waals surface area (Å²) in [5, 5.41) is 7.02. The minimum absolute atomic E-state index is 0.0928. The van der Waals surface area contributed by atoms with Gasteiger partial charge in [0.1, 0.15) is 18.3 Å². The molecule has 1 fully saturated rings. The number of hydrogen-bond acceptors (Lipinski definition) is 4. The second-order valence-corrected chi connectivity index (χ2v) is 7.25. The highest BCUT2D eigenvalue weighted by Gasteiger charge is 2.34. The van der Waals surface area contributed by atoms with E-state index in [0.717, 1.165) is 23.3 Å². The Hall–Kier alpha value is -3.61. The van der Waals surface area contributed by atoms with Crippen LogP contribution in [0.2, 0.25) is 0 Å². The maximum absolute atomic E-state index is 12.8. The number of benzene rings is 2. The molecule has 1 atom stereocenters. The van der Waals surface area contributed by atoms with Crippen molar-refractivity contribution in [1.29, 1.82) is 0 Å². The van der Waals surface area contributed by atoms with E-state index in [9.17, 15) is 9.59 Å². The van der Waals surface area contributed by atoms with Gasteiger partial charge in [-0.3, -0.25) is 14.3 Å². The highest BCUT2D eigenvalue weighted by Crippen LogP contribution is 2.26. The first-order valence-electron chi connectivity index (χ1n) is 9.96. The van der Waals surface area contributed by atoms with E-state index in [1.165, 1.54) is 0 Å². The first kappa shape index (κ1) is 19.7. The van der Waals surface area contributed by atoms with Gasteiger partial charge in [-0.15, -0.1) is 0 Å². The molecular weight excluding hydrogens is 380 g/mol. The number of carbonyl (C=O) groups is 2. The van der Waals surface area contributed by atoms with Gasteiger partial charge in [-0.05, 0) is 54.3 Å². The third-order valence-electron chi connectivity index (χ3n) is 5.29. The van der Waals surface area contributed by atoms with Crippen molar-refractivity contribution in [2.45, 2.75) is 25.4 Å².